The van der Waals surface area contributed by atoms with Crippen molar-refractivity contribution in [1.82, 2.24) is 4.90 Å². The maximum atomic E-state index is 12.3. The third-order valence-electron chi connectivity index (χ3n) is 4.25. The van der Waals surface area contributed by atoms with Crippen LogP contribution in [0.1, 0.15) is 25.3 Å². The first kappa shape index (κ1) is 16.3. The highest BCUT2D eigenvalue weighted by molar-refractivity contribution is 9.10. The van der Waals surface area contributed by atoms with Gasteiger partial charge < -0.3 is 15.4 Å². The zero-order chi connectivity index (χ0) is 15.5. The minimum absolute atomic E-state index is 0.0960. The number of carbonyl (C=O) groups is 1. The maximum Gasteiger partial charge on any atom is 0.222 e. The van der Waals surface area contributed by atoms with Gasteiger partial charge >= 0.3 is 0 Å². The van der Waals surface area contributed by atoms with Gasteiger partial charge in [0, 0.05) is 19.5 Å². The number of nitrogens with zero attached hydrogens (tertiary/aromatic N) is 1. The van der Waals surface area contributed by atoms with E-state index < -0.39 is 0 Å². The van der Waals surface area contributed by atoms with E-state index in [-0.39, 0.29) is 11.3 Å². The quantitative estimate of drug-likeness (QED) is 0.883. The van der Waals surface area contributed by atoms with E-state index in [0.717, 1.165) is 41.7 Å². The third-order valence-corrected chi connectivity index (χ3v) is 4.87. The Morgan fingerprint density at radius 2 is 2.29 bits per heavy atom. The second-order valence-corrected chi connectivity index (χ2v) is 6.90. The molecule has 0 bridgehead atoms. The average molecular weight is 355 g/mol. The van der Waals surface area contributed by atoms with Gasteiger partial charge in [-0.05, 0) is 58.4 Å². The number of amides is 1. The van der Waals surface area contributed by atoms with Crippen LogP contribution in [0.4, 0.5) is 0 Å². The molecule has 5 heteroatoms. The lowest BCUT2D eigenvalue weighted by Crippen LogP contribution is -2.34. The van der Waals surface area contributed by atoms with Crippen LogP contribution >= 0.6 is 15.9 Å². The Balaban J connectivity index is 1.89. The topological polar surface area (TPSA) is 55.6 Å². The molecule has 1 fully saturated rings. The fraction of sp³-hybridized carbons (Fsp3) is 0.562. The summed E-state index contributed by atoms with van der Waals surface area (Å²) < 4.78 is 6.13. The monoisotopic (exact) mass is 354 g/mol. The van der Waals surface area contributed by atoms with Crippen molar-refractivity contribution in [2.24, 2.45) is 11.1 Å². The summed E-state index contributed by atoms with van der Waals surface area (Å²) in [6.07, 6.45) is 2.29. The predicted octanol–water partition coefficient (Wildman–Crippen LogP) is 2.59. The number of benzene rings is 1. The molecule has 2 N–H and O–H groups in total. The van der Waals surface area contributed by atoms with Crippen LogP contribution in [0.5, 0.6) is 5.75 Å². The van der Waals surface area contributed by atoms with Crippen molar-refractivity contribution in [2.75, 3.05) is 26.7 Å². The fourth-order valence-corrected chi connectivity index (χ4v) is 3.27. The summed E-state index contributed by atoms with van der Waals surface area (Å²) >= 11 is 3.47. The van der Waals surface area contributed by atoms with Crippen LogP contribution < -0.4 is 10.5 Å². The molecule has 1 amide bonds. The Morgan fingerprint density at radius 3 is 2.86 bits per heavy atom. The predicted molar refractivity (Wildman–Crippen MR) is 87.4 cm³/mol. The highest BCUT2D eigenvalue weighted by atomic mass is 79.9. The molecule has 4 nitrogen and oxygen atoms in total. The molecule has 116 valence electrons. The minimum Gasteiger partial charge on any atom is -0.496 e. The Labute approximate surface area is 134 Å². The van der Waals surface area contributed by atoms with E-state index in [4.69, 9.17) is 10.5 Å². The molecule has 1 heterocycles. The summed E-state index contributed by atoms with van der Waals surface area (Å²) in [5.74, 6) is 1.03. The van der Waals surface area contributed by atoms with E-state index >= 15 is 0 Å². The largest absolute Gasteiger partial charge is 0.496 e. The van der Waals surface area contributed by atoms with Crippen LogP contribution in [0.2, 0.25) is 0 Å². The molecule has 1 saturated heterocycles. The molecular weight excluding hydrogens is 332 g/mol. The molecule has 1 aliphatic rings. The second-order valence-electron chi connectivity index (χ2n) is 6.05. The molecule has 0 saturated carbocycles. The summed E-state index contributed by atoms with van der Waals surface area (Å²) in [5.41, 5.74) is 7.02. The van der Waals surface area contributed by atoms with E-state index in [2.05, 4.69) is 22.9 Å². The van der Waals surface area contributed by atoms with Gasteiger partial charge in [0.05, 0.1) is 11.6 Å². The average Bonchev–Trinajstić information content (AvgIpc) is 2.88. The van der Waals surface area contributed by atoms with Crippen LogP contribution in [0.25, 0.3) is 0 Å². The zero-order valence-corrected chi connectivity index (χ0v) is 14.3. The van der Waals surface area contributed by atoms with Crippen molar-refractivity contribution in [1.29, 1.82) is 0 Å². The summed E-state index contributed by atoms with van der Waals surface area (Å²) in [7, 11) is 1.64. The number of rotatable bonds is 5. The molecule has 2 rings (SSSR count). The van der Waals surface area contributed by atoms with E-state index in [1.165, 1.54) is 0 Å². The summed E-state index contributed by atoms with van der Waals surface area (Å²) in [6.45, 7) is 4.41. The molecule has 21 heavy (non-hydrogen) atoms. The van der Waals surface area contributed by atoms with Crippen molar-refractivity contribution in [3.05, 3.63) is 28.2 Å². The number of nitrogens with two attached hydrogens (primary N) is 1. The van der Waals surface area contributed by atoms with Gasteiger partial charge in [0.2, 0.25) is 5.91 Å². The lowest BCUT2D eigenvalue weighted by atomic mass is 9.90. The number of hydrogen-bond acceptors (Lipinski definition) is 3. The highest BCUT2D eigenvalue weighted by Gasteiger charge is 2.34. The lowest BCUT2D eigenvalue weighted by molar-refractivity contribution is -0.130. The smallest absolute Gasteiger partial charge is 0.222 e. The Bertz CT molecular complexity index is 521. The zero-order valence-electron chi connectivity index (χ0n) is 12.7. The molecule has 0 spiro atoms. The first-order valence-corrected chi connectivity index (χ1v) is 8.07. The molecule has 0 aliphatic carbocycles. The van der Waals surface area contributed by atoms with E-state index in [1.54, 1.807) is 7.11 Å². The lowest BCUT2D eigenvalue weighted by Gasteiger charge is -2.22. The summed E-state index contributed by atoms with van der Waals surface area (Å²) in [5, 5.41) is 0. The highest BCUT2D eigenvalue weighted by Crippen LogP contribution is 2.29. The first-order chi connectivity index (χ1) is 9.97. The van der Waals surface area contributed by atoms with Crippen molar-refractivity contribution in [3.8, 4) is 5.75 Å². The number of methoxy groups -OCH3 is 1. The number of halogens is 1. The molecule has 0 radical (unpaired) electrons. The van der Waals surface area contributed by atoms with Gasteiger partial charge in [0.15, 0.2) is 0 Å². The van der Waals surface area contributed by atoms with Crippen molar-refractivity contribution < 1.29 is 9.53 Å². The molecule has 0 aromatic heterocycles. The van der Waals surface area contributed by atoms with Crippen molar-refractivity contribution >= 4 is 21.8 Å². The fourth-order valence-electron chi connectivity index (χ4n) is 2.68. The molecule has 1 unspecified atom stereocenters. The van der Waals surface area contributed by atoms with Gasteiger partial charge in [-0.25, -0.2) is 0 Å². The normalized spacial score (nSPS) is 21.6. The van der Waals surface area contributed by atoms with E-state index in [0.29, 0.717) is 13.0 Å². The maximum absolute atomic E-state index is 12.3. The SMILES string of the molecule is COc1ccc(CCC(=O)N2CCC(C)(CN)C2)cc1Br. The van der Waals surface area contributed by atoms with Crippen LogP contribution in [0.3, 0.4) is 0 Å². The van der Waals surface area contributed by atoms with Gasteiger partial charge in [-0.3, -0.25) is 4.79 Å². The van der Waals surface area contributed by atoms with Gasteiger partial charge in [-0.15, -0.1) is 0 Å². The van der Waals surface area contributed by atoms with Crippen molar-refractivity contribution in [3.63, 3.8) is 0 Å². The molecule has 1 atom stereocenters. The minimum atomic E-state index is 0.0960. The standard InChI is InChI=1S/C16H23BrN2O2/c1-16(10-18)7-8-19(11-16)15(20)6-4-12-3-5-14(21-2)13(17)9-12/h3,5,9H,4,6-8,10-11,18H2,1-2H3. The van der Waals surface area contributed by atoms with Crippen LogP contribution in [-0.2, 0) is 11.2 Å². The van der Waals surface area contributed by atoms with Gasteiger partial charge in [-0.2, -0.15) is 0 Å². The first-order valence-electron chi connectivity index (χ1n) is 7.28. The Morgan fingerprint density at radius 1 is 1.52 bits per heavy atom. The van der Waals surface area contributed by atoms with E-state index in [9.17, 15) is 4.79 Å². The van der Waals surface area contributed by atoms with E-state index in [1.807, 2.05) is 23.1 Å². The summed E-state index contributed by atoms with van der Waals surface area (Å²) in [4.78, 5) is 14.2. The number of aryl methyl sites for hydroxylation is 1. The van der Waals surface area contributed by atoms with Crippen LogP contribution in [0, 0.1) is 5.41 Å². The third kappa shape index (κ3) is 3.98. The van der Waals surface area contributed by atoms with Gasteiger partial charge in [0.25, 0.3) is 0 Å². The second kappa shape index (κ2) is 6.79. The number of carbonyl (C=O) groups excluding carboxylic acids is 1. The molecule has 1 aliphatic heterocycles. The summed E-state index contributed by atoms with van der Waals surface area (Å²) in [6, 6.07) is 5.94. The Hall–Kier alpha value is -1.07. The number of hydrogen-bond donors (Lipinski definition) is 1. The number of likely N-dealkylation sites (tertiary alicyclic amines) is 1. The Kier molecular flexibility index (Phi) is 5.27. The molecule has 1 aromatic carbocycles. The molecule has 1 aromatic rings. The van der Waals surface area contributed by atoms with Gasteiger partial charge in [0.1, 0.15) is 5.75 Å². The van der Waals surface area contributed by atoms with Crippen molar-refractivity contribution in [2.45, 2.75) is 26.2 Å². The molecular formula is C16H23BrN2O2. The van der Waals surface area contributed by atoms with Gasteiger partial charge in [-0.1, -0.05) is 13.0 Å². The van der Waals surface area contributed by atoms with Crippen LogP contribution in [-0.4, -0.2) is 37.6 Å². The van der Waals surface area contributed by atoms with Crippen LogP contribution in [0.15, 0.2) is 22.7 Å². The number of ether oxygens (including phenoxy) is 1.